The Morgan fingerprint density at radius 2 is 2.24 bits per heavy atom. The summed E-state index contributed by atoms with van der Waals surface area (Å²) in [6.45, 7) is 4.78. The molecule has 0 aromatic carbocycles. The topological polar surface area (TPSA) is 34.4 Å². The van der Waals surface area contributed by atoms with Crippen LogP contribution in [0.15, 0.2) is 22.8 Å². The van der Waals surface area contributed by atoms with Gasteiger partial charge in [-0.1, -0.05) is 32.6 Å². The van der Waals surface area contributed by atoms with E-state index in [-0.39, 0.29) is 0 Å². The average molecular weight is 293 g/mol. The van der Waals surface area contributed by atoms with Crippen molar-refractivity contribution >= 4 is 0 Å². The van der Waals surface area contributed by atoms with E-state index >= 15 is 0 Å². The van der Waals surface area contributed by atoms with Crippen molar-refractivity contribution < 1.29 is 9.15 Å². The number of rotatable bonds is 9. The van der Waals surface area contributed by atoms with Gasteiger partial charge in [0, 0.05) is 12.6 Å². The second-order valence-electron chi connectivity index (χ2n) is 6.30. The molecule has 1 fully saturated rings. The highest BCUT2D eigenvalue weighted by Gasteiger charge is 2.17. The first-order chi connectivity index (χ1) is 10.4. The Kier molecular flexibility index (Phi) is 7.90. The van der Waals surface area contributed by atoms with E-state index in [0.717, 1.165) is 37.3 Å². The van der Waals surface area contributed by atoms with Crippen LogP contribution < -0.4 is 5.32 Å². The van der Waals surface area contributed by atoms with Crippen molar-refractivity contribution in [3.8, 4) is 0 Å². The van der Waals surface area contributed by atoms with Crippen LogP contribution in [0.3, 0.4) is 0 Å². The first kappa shape index (κ1) is 16.6. The Bertz CT molecular complexity index is 350. The third-order valence-corrected chi connectivity index (χ3v) is 4.51. The summed E-state index contributed by atoms with van der Waals surface area (Å²) in [4.78, 5) is 0. The van der Waals surface area contributed by atoms with E-state index in [2.05, 4.69) is 12.2 Å². The molecule has 1 saturated carbocycles. The van der Waals surface area contributed by atoms with Crippen LogP contribution in [0.2, 0.25) is 0 Å². The predicted octanol–water partition coefficient (Wildman–Crippen LogP) is 4.52. The highest BCUT2D eigenvalue weighted by Crippen LogP contribution is 2.26. The van der Waals surface area contributed by atoms with Crippen molar-refractivity contribution in [1.82, 2.24) is 5.32 Å². The van der Waals surface area contributed by atoms with Gasteiger partial charge in [-0.05, 0) is 50.3 Å². The van der Waals surface area contributed by atoms with Crippen molar-refractivity contribution in [1.29, 1.82) is 0 Å². The van der Waals surface area contributed by atoms with E-state index in [1.165, 1.54) is 44.9 Å². The van der Waals surface area contributed by atoms with Gasteiger partial charge < -0.3 is 14.5 Å². The number of furan rings is 1. The molecule has 1 heterocycles. The minimum atomic E-state index is 0.592. The van der Waals surface area contributed by atoms with Gasteiger partial charge in [0.25, 0.3) is 0 Å². The molecule has 1 aromatic rings. The number of nitrogens with one attached hydrogen (secondary N) is 1. The van der Waals surface area contributed by atoms with E-state index < -0.39 is 0 Å². The maximum Gasteiger partial charge on any atom is 0.129 e. The molecule has 2 atom stereocenters. The van der Waals surface area contributed by atoms with Gasteiger partial charge in [-0.15, -0.1) is 0 Å². The molecule has 0 radical (unpaired) electrons. The molecule has 21 heavy (non-hydrogen) atoms. The van der Waals surface area contributed by atoms with Crippen molar-refractivity contribution in [2.24, 2.45) is 5.92 Å². The quantitative estimate of drug-likeness (QED) is 0.537. The van der Waals surface area contributed by atoms with Gasteiger partial charge >= 0.3 is 0 Å². The van der Waals surface area contributed by atoms with Gasteiger partial charge in [-0.3, -0.25) is 0 Å². The largest absolute Gasteiger partial charge is 0.467 e. The molecule has 0 amide bonds. The Hall–Kier alpha value is -0.800. The van der Waals surface area contributed by atoms with Crippen molar-refractivity contribution in [3.05, 3.63) is 24.2 Å². The fourth-order valence-electron chi connectivity index (χ4n) is 3.33. The maximum absolute atomic E-state index is 5.61. The molecule has 2 rings (SSSR count). The molecule has 0 saturated heterocycles. The SMILES string of the molecule is CCCC1CCCC(NCCCOCc2ccco2)CC1. The third-order valence-electron chi connectivity index (χ3n) is 4.51. The third kappa shape index (κ3) is 6.66. The summed E-state index contributed by atoms with van der Waals surface area (Å²) >= 11 is 0. The van der Waals surface area contributed by atoms with E-state index in [0.29, 0.717) is 6.61 Å². The van der Waals surface area contributed by atoms with E-state index in [9.17, 15) is 0 Å². The van der Waals surface area contributed by atoms with Crippen molar-refractivity contribution in [2.75, 3.05) is 13.2 Å². The monoisotopic (exact) mass is 293 g/mol. The van der Waals surface area contributed by atoms with Crippen LogP contribution >= 0.6 is 0 Å². The fourth-order valence-corrected chi connectivity index (χ4v) is 3.33. The second-order valence-corrected chi connectivity index (χ2v) is 6.30. The summed E-state index contributed by atoms with van der Waals surface area (Å²) in [6.07, 6.45) is 12.5. The minimum absolute atomic E-state index is 0.592. The molecule has 0 bridgehead atoms. The van der Waals surface area contributed by atoms with Crippen molar-refractivity contribution in [2.45, 2.75) is 70.9 Å². The van der Waals surface area contributed by atoms with Crippen LogP contribution in [0.4, 0.5) is 0 Å². The summed E-state index contributed by atoms with van der Waals surface area (Å²) in [7, 11) is 0. The lowest BCUT2D eigenvalue weighted by Gasteiger charge is -2.16. The zero-order valence-electron chi connectivity index (χ0n) is 13.5. The van der Waals surface area contributed by atoms with Crippen LogP contribution in [0, 0.1) is 5.92 Å². The molecule has 1 aromatic heterocycles. The van der Waals surface area contributed by atoms with Crippen LogP contribution in [-0.2, 0) is 11.3 Å². The molecule has 0 spiro atoms. The molecular formula is C18H31NO2. The summed E-state index contributed by atoms with van der Waals surface area (Å²) in [5.74, 6) is 1.90. The van der Waals surface area contributed by atoms with E-state index in [1.54, 1.807) is 6.26 Å². The Morgan fingerprint density at radius 1 is 1.29 bits per heavy atom. The zero-order valence-corrected chi connectivity index (χ0v) is 13.5. The molecule has 1 N–H and O–H groups in total. The lowest BCUT2D eigenvalue weighted by Crippen LogP contribution is -2.30. The minimum Gasteiger partial charge on any atom is -0.467 e. The summed E-state index contributed by atoms with van der Waals surface area (Å²) in [6, 6.07) is 4.59. The second kappa shape index (κ2) is 10.0. The van der Waals surface area contributed by atoms with Gasteiger partial charge in [0.05, 0.1) is 6.26 Å². The van der Waals surface area contributed by atoms with Gasteiger partial charge in [0.2, 0.25) is 0 Å². The van der Waals surface area contributed by atoms with Crippen LogP contribution in [-0.4, -0.2) is 19.2 Å². The van der Waals surface area contributed by atoms with Crippen LogP contribution in [0.1, 0.15) is 64.1 Å². The van der Waals surface area contributed by atoms with Crippen molar-refractivity contribution in [3.63, 3.8) is 0 Å². The molecule has 3 heteroatoms. The van der Waals surface area contributed by atoms with Crippen LogP contribution in [0.25, 0.3) is 0 Å². The Labute approximate surface area is 129 Å². The predicted molar refractivity (Wildman–Crippen MR) is 86.3 cm³/mol. The smallest absolute Gasteiger partial charge is 0.129 e. The summed E-state index contributed by atoms with van der Waals surface area (Å²) < 4.78 is 10.8. The van der Waals surface area contributed by atoms with Gasteiger partial charge in [-0.2, -0.15) is 0 Å². The zero-order chi connectivity index (χ0) is 14.8. The number of hydrogen-bond donors (Lipinski definition) is 1. The fraction of sp³-hybridized carbons (Fsp3) is 0.778. The first-order valence-electron chi connectivity index (χ1n) is 8.72. The molecule has 1 aliphatic rings. The van der Waals surface area contributed by atoms with E-state index in [1.807, 2.05) is 12.1 Å². The molecule has 120 valence electrons. The standard InChI is InChI=1S/C18H31NO2/c1-2-6-16-7-3-8-17(11-10-16)19-12-5-13-20-15-18-9-4-14-21-18/h4,9,14,16-17,19H,2-3,5-8,10-13,15H2,1H3. The lowest BCUT2D eigenvalue weighted by atomic mass is 9.95. The molecule has 0 aliphatic heterocycles. The van der Waals surface area contributed by atoms with Gasteiger partial charge in [0.1, 0.15) is 12.4 Å². The molecular weight excluding hydrogens is 262 g/mol. The van der Waals surface area contributed by atoms with E-state index in [4.69, 9.17) is 9.15 Å². The number of hydrogen-bond acceptors (Lipinski definition) is 3. The summed E-state index contributed by atoms with van der Waals surface area (Å²) in [5, 5.41) is 3.71. The highest BCUT2D eigenvalue weighted by atomic mass is 16.5. The Balaban J connectivity index is 1.48. The van der Waals surface area contributed by atoms with Gasteiger partial charge in [0.15, 0.2) is 0 Å². The molecule has 2 unspecified atom stereocenters. The normalized spacial score (nSPS) is 23.1. The van der Waals surface area contributed by atoms with Gasteiger partial charge in [-0.25, -0.2) is 0 Å². The highest BCUT2D eigenvalue weighted by molar-refractivity contribution is 4.95. The maximum atomic E-state index is 5.61. The lowest BCUT2D eigenvalue weighted by molar-refractivity contribution is 0.103. The average Bonchev–Trinajstić information content (AvgIpc) is 2.91. The molecule has 1 aliphatic carbocycles. The molecule has 3 nitrogen and oxygen atoms in total. The van der Waals surface area contributed by atoms with Crippen LogP contribution in [0.5, 0.6) is 0 Å². The summed E-state index contributed by atoms with van der Waals surface area (Å²) in [5.41, 5.74) is 0. The first-order valence-corrected chi connectivity index (χ1v) is 8.72. The Morgan fingerprint density at radius 3 is 3.05 bits per heavy atom. The number of ether oxygens (including phenoxy) is 1.